The van der Waals surface area contributed by atoms with Crippen LogP contribution in [-0.4, -0.2) is 24.1 Å². The summed E-state index contributed by atoms with van der Waals surface area (Å²) in [5, 5.41) is 3.43. The standard InChI is InChI=1S/C16H27N3/c1-13(2)18-12-15-11-16(6-8-17-15)19-9-4-5-14(3)7-10-19/h6,8,11,13-14,18H,4-5,7,9-10,12H2,1-3H3. The van der Waals surface area contributed by atoms with E-state index in [4.69, 9.17) is 0 Å². The fraction of sp³-hybridized carbons (Fsp3) is 0.688. The smallest absolute Gasteiger partial charge is 0.0562 e. The molecule has 0 aliphatic carbocycles. The van der Waals surface area contributed by atoms with Gasteiger partial charge in [-0.1, -0.05) is 20.8 Å². The molecule has 1 aromatic rings. The number of rotatable bonds is 4. The summed E-state index contributed by atoms with van der Waals surface area (Å²) in [6.45, 7) is 9.93. The maximum absolute atomic E-state index is 4.46. The van der Waals surface area contributed by atoms with Crippen molar-refractivity contribution in [2.45, 2.75) is 52.6 Å². The SMILES string of the molecule is CC1CCCN(c2ccnc(CNC(C)C)c2)CC1. The molecule has 0 amide bonds. The zero-order chi connectivity index (χ0) is 13.7. The van der Waals surface area contributed by atoms with Gasteiger partial charge in [-0.05, 0) is 37.3 Å². The molecule has 0 spiro atoms. The molecule has 106 valence electrons. The van der Waals surface area contributed by atoms with Crippen LogP contribution in [0.1, 0.15) is 45.7 Å². The number of anilines is 1. The molecule has 2 rings (SSSR count). The lowest BCUT2D eigenvalue weighted by Crippen LogP contribution is -2.25. The predicted octanol–water partition coefficient (Wildman–Crippen LogP) is 3.21. The minimum atomic E-state index is 0.504. The number of hydrogen-bond acceptors (Lipinski definition) is 3. The van der Waals surface area contributed by atoms with Crippen molar-refractivity contribution < 1.29 is 0 Å². The first kappa shape index (κ1) is 14.3. The zero-order valence-corrected chi connectivity index (χ0v) is 12.5. The molecule has 0 bridgehead atoms. The van der Waals surface area contributed by atoms with Crippen molar-refractivity contribution >= 4 is 5.69 Å². The maximum atomic E-state index is 4.46. The van der Waals surface area contributed by atoms with Crippen molar-refractivity contribution in [1.29, 1.82) is 0 Å². The largest absolute Gasteiger partial charge is 0.371 e. The van der Waals surface area contributed by atoms with Gasteiger partial charge in [-0.15, -0.1) is 0 Å². The first-order chi connectivity index (χ1) is 9.15. The molecule has 1 saturated heterocycles. The van der Waals surface area contributed by atoms with Crippen molar-refractivity contribution in [1.82, 2.24) is 10.3 Å². The van der Waals surface area contributed by atoms with Gasteiger partial charge < -0.3 is 10.2 Å². The lowest BCUT2D eigenvalue weighted by atomic mass is 10.0. The highest BCUT2D eigenvalue weighted by Crippen LogP contribution is 2.22. The highest BCUT2D eigenvalue weighted by atomic mass is 15.1. The van der Waals surface area contributed by atoms with Crippen LogP contribution in [-0.2, 0) is 6.54 Å². The Bertz CT molecular complexity index is 389. The van der Waals surface area contributed by atoms with Crippen LogP contribution < -0.4 is 10.2 Å². The van der Waals surface area contributed by atoms with E-state index in [-0.39, 0.29) is 0 Å². The minimum absolute atomic E-state index is 0.504. The van der Waals surface area contributed by atoms with Crippen LogP contribution in [0, 0.1) is 5.92 Å². The normalized spacial score (nSPS) is 20.6. The highest BCUT2D eigenvalue weighted by Gasteiger charge is 2.14. The Kier molecular flexibility index (Phi) is 5.20. The van der Waals surface area contributed by atoms with Crippen LogP contribution in [0.25, 0.3) is 0 Å². The first-order valence-electron chi connectivity index (χ1n) is 7.58. The van der Waals surface area contributed by atoms with Crippen molar-refractivity contribution in [2.24, 2.45) is 5.92 Å². The van der Waals surface area contributed by atoms with Gasteiger partial charge in [-0.2, -0.15) is 0 Å². The Labute approximate surface area is 117 Å². The average Bonchev–Trinajstić information content (AvgIpc) is 2.62. The second kappa shape index (κ2) is 6.90. The maximum Gasteiger partial charge on any atom is 0.0562 e. The number of nitrogens with one attached hydrogen (secondary N) is 1. The molecule has 3 nitrogen and oxygen atoms in total. The molecule has 1 atom stereocenters. The molecule has 1 fully saturated rings. The molecule has 0 aromatic carbocycles. The van der Waals surface area contributed by atoms with Crippen molar-refractivity contribution in [3.63, 3.8) is 0 Å². The van der Waals surface area contributed by atoms with Gasteiger partial charge in [0.15, 0.2) is 0 Å². The number of pyridine rings is 1. The highest BCUT2D eigenvalue weighted by molar-refractivity contribution is 5.46. The lowest BCUT2D eigenvalue weighted by molar-refractivity contribution is 0.521. The quantitative estimate of drug-likeness (QED) is 0.902. The summed E-state index contributed by atoms with van der Waals surface area (Å²) in [4.78, 5) is 6.97. The summed E-state index contributed by atoms with van der Waals surface area (Å²) in [6.07, 6.45) is 5.93. The predicted molar refractivity (Wildman–Crippen MR) is 81.4 cm³/mol. The van der Waals surface area contributed by atoms with E-state index in [1.165, 1.54) is 38.0 Å². The van der Waals surface area contributed by atoms with Crippen molar-refractivity contribution in [3.8, 4) is 0 Å². The Hall–Kier alpha value is -1.09. The van der Waals surface area contributed by atoms with Gasteiger partial charge in [-0.3, -0.25) is 4.98 Å². The van der Waals surface area contributed by atoms with Crippen LogP contribution in [0.3, 0.4) is 0 Å². The topological polar surface area (TPSA) is 28.2 Å². The van der Waals surface area contributed by atoms with Crippen LogP contribution in [0.4, 0.5) is 5.69 Å². The fourth-order valence-electron chi connectivity index (χ4n) is 2.59. The van der Waals surface area contributed by atoms with Crippen LogP contribution in [0.2, 0.25) is 0 Å². The average molecular weight is 261 g/mol. The summed E-state index contributed by atoms with van der Waals surface area (Å²) in [6, 6.07) is 4.89. The van der Waals surface area contributed by atoms with Crippen molar-refractivity contribution in [2.75, 3.05) is 18.0 Å². The molecule has 19 heavy (non-hydrogen) atoms. The van der Waals surface area contributed by atoms with E-state index >= 15 is 0 Å². The fourth-order valence-corrected chi connectivity index (χ4v) is 2.59. The summed E-state index contributed by atoms with van der Waals surface area (Å²) >= 11 is 0. The molecule has 3 heteroatoms. The van der Waals surface area contributed by atoms with Gasteiger partial charge in [0.2, 0.25) is 0 Å². The van der Waals surface area contributed by atoms with Crippen LogP contribution in [0.5, 0.6) is 0 Å². The molecule has 1 aromatic heterocycles. The third-order valence-electron chi connectivity index (χ3n) is 3.87. The molecule has 1 N–H and O–H groups in total. The van der Waals surface area contributed by atoms with Gasteiger partial charge >= 0.3 is 0 Å². The molecular weight excluding hydrogens is 234 g/mol. The van der Waals surface area contributed by atoms with E-state index < -0.39 is 0 Å². The first-order valence-corrected chi connectivity index (χ1v) is 7.58. The van der Waals surface area contributed by atoms with E-state index in [9.17, 15) is 0 Å². The molecule has 0 radical (unpaired) electrons. The summed E-state index contributed by atoms with van der Waals surface area (Å²) in [5.74, 6) is 0.869. The summed E-state index contributed by atoms with van der Waals surface area (Å²) in [7, 11) is 0. The Morgan fingerprint density at radius 1 is 1.37 bits per heavy atom. The van der Waals surface area contributed by atoms with Gasteiger partial charge in [0, 0.05) is 37.6 Å². The van der Waals surface area contributed by atoms with E-state index in [0.29, 0.717) is 6.04 Å². The third-order valence-corrected chi connectivity index (χ3v) is 3.87. The van der Waals surface area contributed by atoms with Gasteiger partial charge in [0.05, 0.1) is 5.69 Å². The van der Waals surface area contributed by atoms with Crippen LogP contribution >= 0.6 is 0 Å². The van der Waals surface area contributed by atoms with E-state index in [1.54, 1.807) is 0 Å². The Morgan fingerprint density at radius 3 is 3.00 bits per heavy atom. The van der Waals surface area contributed by atoms with Crippen molar-refractivity contribution in [3.05, 3.63) is 24.0 Å². The Morgan fingerprint density at radius 2 is 2.21 bits per heavy atom. The molecule has 2 heterocycles. The lowest BCUT2D eigenvalue weighted by Gasteiger charge is -2.23. The van der Waals surface area contributed by atoms with E-state index in [2.05, 4.69) is 48.1 Å². The number of aromatic nitrogens is 1. The molecule has 1 unspecified atom stereocenters. The van der Waals surface area contributed by atoms with Gasteiger partial charge in [0.1, 0.15) is 0 Å². The second-order valence-electron chi connectivity index (χ2n) is 6.06. The zero-order valence-electron chi connectivity index (χ0n) is 12.5. The molecule has 1 aliphatic heterocycles. The summed E-state index contributed by atoms with van der Waals surface area (Å²) in [5.41, 5.74) is 2.48. The molecular formula is C16H27N3. The van der Waals surface area contributed by atoms with Crippen LogP contribution in [0.15, 0.2) is 18.3 Å². The molecule has 1 aliphatic rings. The summed E-state index contributed by atoms with van der Waals surface area (Å²) < 4.78 is 0. The second-order valence-corrected chi connectivity index (χ2v) is 6.06. The number of nitrogens with zero attached hydrogens (tertiary/aromatic N) is 2. The van der Waals surface area contributed by atoms with Gasteiger partial charge in [0.25, 0.3) is 0 Å². The number of hydrogen-bond donors (Lipinski definition) is 1. The third kappa shape index (κ3) is 4.50. The Balaban J connectivity index is 2.01. The van der Waals surface area contributed by atoms with E-state index in [1.807, 2.05) is 6.20 Å². The molecule has 0 saturated carbocycles. The van der Waals surface area contributed by atoms with Gasteiger partial charge in [-0.25, -0.2) is 0 Å². The monoisotopic (exact) mass is 261 g/mol. The minimum Gasteiger partial charge on any atom is -0.371 e. The van der Waals surface area contributed by atoms with E-state index in [0.717, 1.165) is 18.2 Å².